The maximum atomic E-state index is 12.8. The van der Waals surface area contributed by atoms with Crippen molar-refractivity contribution in [2.75, 3.05) is 5.75 Å². The van der Waals surface area contributed by atoms with Crippen LogP contribution in [0.25, 0.3) is 16.7 Å². The van der Waals surface area contributed by atoms with Crippen molar-refractivity contribution in [3.05, 3.63) is 40.4 Å². The van der Waals surface area contributed by atoms with E-state index in [1.165, 1.54) is 16.4 Å². The molecule has 0 aliphatic heterocycles. The number of pyridine rings is 2. The van der Waals surface area contributed by atoms with E-state index in [-0.39, 0.29) is 15.8 Å². The van der Waals surface area contributed by atoms with Crippen LogP contribution in [0.2, 0.25) is 10.3 Å². The minimum Gasteiger partial charge on any atom is -0.251 e. The van der Waals surface area contributed by atoms with Gasteiger partial charge in [-0.25, -0.2) is 9.67 Å². The molecular formula is C14H9Cl2F3N4S. The highest BCUT2D eigenvalue weighted by Gasteiger charge is 2.33. The summed E-state index contributed by atoms with van der Waals surface area (Å²) in [6, 6.07) is 4.25. The minimum atomic E-state index is -4.55. The van der Waals surface area contributed by atoms with Crippen LogP contribution < -0.4 is 0 Å². The van der Waals surface area contributed by atoms with Crippen LogP contribution in [0.15, 0.2) is 29.3 Å². The molecule has 0 radical (unpaired) electrons. The largest absolute Gasteiger partial charge is 0.433 e. The smallest absolute Gasteiger partial charge is 0.251 e. The van der Waals surface area contributed by atoms with Gasteiger partial charge in [0.15, 0.2) is 5.82 Å². The standard InChI is InChI=1S/C14H9Cl2F3N4S/c1-2-24-9-3-4-11(15)21-13(9)23-12(16)7-6-20-10(14(17,18)19)5-8(7)22-23/h3-6H,2H2,1H3. The molecule has 3 rings (SSSR count). The Morgan fingerprint density at radius 2 is 2.00 bits per heavy atom. The summed E-state index contributed by atoms with van der Waals surface area (Å²) in [5, 5.41) is 4.81. The molecule has 0 amide bonds. The third-order valence-electron chi connectivity index (χ3n) is 3.09. The Bertz CT molecular complexity index is 911. The highest BCUT2D eigenvalue weighted by molar-refractivity contribution is 7.99. The molecule has 3 aromatic rings. The fourth-order valence-electron chi connectivity index (χ4n) is 2.08. The van der Waals surface area contributed by atoms with Gasteiger partial charge in [0, 0.05) is 6.20 Å². The van der Waals surface area contributed by atoms with Crippen molar-refractivity contribution < 1.29 is 13.2 Å². The predicted molar refractivity (Wildman–Crippen MR) is 88.1 cm³/mol. The van der Waals surface area contributed by atoms with Crippen molar-refractivity contribution in [2.24, 2.45) is 0 Å². The second-order valence-electron chi connectivity index (χ2n) is 4.68. The second kappa shape index (κ2) is 6.42. The van der Waals surface area contributed by atoms with Crippen molar-refractivity contribution in [2.45, 2.75) is 18.0 Å². The number of alkyl halides is 3. The van der Waals surface area contributed by atoms with Crippen LogP contribution in [-0.4, -0.2) is 25.5 Å². The molecule has 0 atom stereocenters. The Kier molecular flexibility index (Phi) is 4.63. The summed E-state index contributed by atoms with van der Waals surface area (Å²) in [5.41, 5.74) is -0.949. The van der Waals surface area contributed by atoms with Gasteiger partial charge in [0.25, 0.3) is 0 Å². The van der Waals surface area contributed by atoms with Crippen molar-refractivity contribution in [3.8, 4) is 5.82 Å². The zero-order valence-electron chi connectivity index (χ0n) is 12.1. The van der Waals surface area contributed by atoms with Crippen LogP contribution in [0.3, 0.4) is 0 Å². The fourth-order valence-corrected chi connectivity index (χ4v) is 3.22. The van der Waals surface area contributed by atoms with Crippen LogP contribution in [0.1, 0.15) is 12.6 Å². The molecule has 0 unspecified atom stereocenters. The summed E-state index contributed by atoms with van der Waals surface area (Å²) in [4.78, 5) is 8.38. The van der Waals surface area contributed by atoms with E-state index in [1.54, 1.807) is 12.1 Å². The molecule has 0 aromatic carbocycles. The molecule has 0 aliphatic carbocycles. The summed E-state index contributed by atoms with van der Waals surface area (Å²) < 4.78 is 39.7. The molecule has 0 spiro atoms. The first kappa shape index (κ1) is 17.3. The third-order valence-corrected chi connectivity index (χ3v) is 4.59. The van der Waals surface area contributed by atoms with Gasteiger partial charge in [-0.1, -0.05) is 30.1 Å². The summed E-state index contributed by atoms with van der Waals surface area (Å²) in [6.45, 7) is 1.96. The van der Waals surface area contributed by atoms with Gasteiger partial charge in [-0.3, -0.25) is 4.98 Å². The van der Waals surface area contributed by atoms with E-state index < -0.39 is 11.9 Å². The highest BCUT2D eigenvalue weighted by atomic mass is 35.5. The number of halogens is 5. The van der Waals surface area contributed by atoms with Crippen LogP contribution in [0.5, 0.6) is 0 Å². The maximum Gasteiger partial charge on any atom is 0.433 e. The Hall–Kier alpha value is -1.51. The molecule has 24 heavy (non-hydrogen) atoms. The monoisotopic (exact) mass is 392 g/mol. The Balaban J connectivity index is 2.21. The van der Waals surface area contributed by atoms with Gasteiger partial charge < -0.3 is 0 Å². The highest BCUT2D eigenvalue weighted by Crippen LogP contribution is 2.34. The molecule has 10 heteroatoms. The first-order chi connectivity index (χ1) is 11.3. The van der Waals surface area contributed by atoms with E-state index in [4.69, 9.17) is 23.2 Å². The number of hydrogen-bond donors (Lipinski definition) is 0. The third kappa shape index (κ3) is 3.18. The second-order valence-corrected chi connectivity index (χ2v) is 6.73. The number of hydrogen-bond acceptors (Lipinski definition) is 4. The average Bonchev–Trinajstić information content (AvgIpc) is 2.85. The van der Waals surface area contributed by atoms with Crippen molar-refractivity contribution in [1.29, 1.82) is 0 Å². The number of thioether (sulfide) groups is 1. The number of rotatable bonds is 3. The van der Waals surface area contributed by atoms with E-state index >= 15 is 0 Å². The zero-order chi connectivity index (χ0) is 17.5. The lowest BCUT2D eigenvalue weighted by Gasteiger charge is -2.08. The number of fused-ring (bicyclic) bond motifs is 1. The van der Waals surface area contributed by atoms with Gasteiger partial charge in [0.1, 0.15) is 16.0 Å². The average molecular weight is 393 g/mol. The predicted octanol–water partition coefficient (Wildman–Crippen LogP) is 5.25. The van der Waals surface area contributed by atoms with E-state index in [0.29, 0.717) is 11.2 Å². The van der Waals surface area contributed by atoms with E-state index in [0.717, 1.165) is 22.9 Å². The Morgan fingerprint density at radius 3 is 2.67 bits per heavy atom. The van der Waals surface area contributed by atoms with Gasteiger partial charge in [-0.05, 0) is 24.0 Å². The van der Waals surface area contributed by atoms with Gasteiger partial charge in [-0.15, -0.1) is 11.8 Å². The van der Waals surface area contributed by atoms with Crippen LogP contribution >= 0.6 is 35.0 Å². The molecule has 0 N–H and O–H groups in total. The SMILES string of the molecule is CCSc1ccc(Cl)nc1-n1nc2cc(C(F)(F)F)ncc2c1Cl. The van der Waals surface area contributed by atoms with E-state index in [1.807, 2.05) is 6.92 Å². The summed E-state index contributed by atoms with van der Waals surface area (Å²) in [7, 11) is 0. The van der Waals surface area contributed by atoms with Crippen molar-refractivity contribution in [3.63, 3.8) is 0 Å². The minimum absolute atomic E-state index is 0.0801. The van der Waals surface area contributed by atoms with Crippen LogP contribution in [0.4, 0.5) is 13.2 Å². The molecule has 3 heterocycles. The number of nitrogens with zero attached hydrogens (tertiary/aromatic N) is 4. The van der Waals surface area contributed by atoms with Crippen molar-refractivity contribution in [1.82, 2.24) is 19.7 Å². The lowest BCUT2D eigenvalue weighted by molar-refractivity contribution is -0.141. The summed E-state index contributed by atoms with van der Waals surface area (Å²) >= 11 is 13.7. The maximum absolute atomic E-state index is 12.8. The Morgan fingerprint density at radius 1 is 1.25 bits per heavy atom. The Labute approximate surface area is 149 Å². The first-order valence-corrected chi connectivity index (χ1v) is 8.46. The molecule has 0 saturated carbocycles. The molecule has 126 valence electrons. The zero-order valence-corrected chi connectivity index (χ0v) is 14.4. The van der Waals surface area contributed by atoms with E-state index in [2.05, 4.69) is 15.1 Å². The number of aromatic nitrogens is 4. The van der Waals surface area contributed by atoms with E-state index in [9.17, 15) is 13.2 Å². The molecule has 3 aromatic heterocycles. The molecule has 4 nitrogen and oxygen atoms in total. The normalized spacial score (nSPS) is 12.1. The van der Waals surface area contributed by atoms with Gasteiger partial charge in [-0.2, -0.15) is 18.3 Å². The van der Waals surface area contributed by atoms with Crippen LogP contribution in [0, 0.1) is 0 Å². The summed E-state index contributed by atoms with van der Waals surface area (Å²) in [5.74, 6) is 1.14. The molecule has 0 fully saturated rings. The van der Waals surface area contributed by atoms with Crippen LogP contribution in [-0.2, 0) is 6.18 Å². The topological polar surface area (TPSA) is 43.6 Å². The fraction of sp³-hybridized carbons (Fsp3) is 0.214. The van der Waals surface area contributed by atoms with Gasteiger partial charge in [0.2, 0.25) is 0 Å². The van der Waals surface area contributed by atoms with Crippen molar-refractivity contribution >= 4 is 45.9 Å². The van der Waals surface area contributed by atoms with Gasteiger partial charge in [0.05, 0.1) is 15.8 Å². The first-order valence-electron chi connectivity index (χ1n) is 6.72. The quantitative estimate of drug-likeness (QED) is 0.450. The van der Waals surface area contributed by atoms with Gasteiger partial charge >= 0.3 is 6.18 Å². The molecular weight excluding hydrogens is 384 g/mol. The lowest BCUT2D eigenvalue weighted by Crippen LogP contribution is -2.07. The lowest BCUT2D eigenvalue weighted by atomic mass is 10.3. The summed E-state index contributed by atoms with van der Waals surface area (Å²) in [6.07, 6.45) is -3.50. The molecule has 0 aliphatic rings. The molecule has 0 saturated heterocycles. The molecule has 0 bridgehead atoms.